The summed E-state index contributed by atoms with van der Waals surface area (Å²) in [6, 6.07) is 1.64. The fourth-order valence-electron chi connectivity index (χ4n) is 0.998. The normalized spacial score (nSPS) is 12.8. The molecule has 0 bridgehead atoms. The van der Waals surface area contributed by atoms with Gasteiger partial charge in [0.15, 0.2) is 0 Å². The maximum absolute atomic E-state index is 12.7. The van der Waals surface area contributed by atoms with Crippen LogP contribution in [0.15, 0.2) is 12.1 Å². The summed E-state index contributed by atoms with van der Waals surface area (Å²) >= 11 is 0. The van der Waals surface area contributed by atoms with Crippen LogP contribution in [0, 0.1) is 5.82 Å². The number of aromatic hydroxyl groups is 1. The third kappa shape index (κ3) is 1.71. The van der Waals surface area contributed by atoms with Gasteiger partial charge in [-0.3, -0.25) is 0 Å². The van der Waals surface area contributed by atoms with Crippen LogP contribution in [-0.2, 0) is 0 Å². The van der Waals surface area contributed by atoms with Gasteiger partial charge in [-0.25, -0.2) is 4.39 Å². The molecule has 0 aliphatic rings. The molecule has 1 atom stereocenters. The van der Waals surface area contributed by atoms with Gasteiger partial charge in [0.1, 0.15) is 17.3 Å². The fraction of sp³-hybridized carbons (Fsp3) is 0.250. The Labute approximate surface area is 74.6 Å². The van der Waals surface area contributed by atoms with E-state index in [4.69, 9.17) is 16.6 Å². The third-order valence-electron chi connectivity index (χ3n) is 1.79. The van der Waals surface area contributed by atoms with Crippen LogP contribution in [-0.4, -0.2) is 16.8 Å². The topological polar surface area (TPSA) is 92.5 Å². The van der Waals surface area contributed by atoms with Crippen molar-refractivity contribution in [3.05, 3.63) is 23.5 Å². The number of phenolic OH excluding ortho intramolecular Hbond substituents is 1. The zero-order chi connectivity index (χ0) is 10.0. The first-order valence-electron chi connectivity index (χ1n) is 3.71. The van der Waals surface area contributed by atoms with Crippen LogP contribution in [0.25, 0.3) is 0 Å². The van der Waals surface area contributed by atoms with Gasteiger partial charge in [0.2, 0.25) is 0 Å². The second kappa shape index (κ2) is 3.59. The van der Waals surface area contributed by atoms with Gasteiger partial charge in [-0.15, -0.1) is 0 Å². The Bertz CT molecular complexity index is 317. The maximum Gasteiger partial charge on any atom is 0.149 e. The van der Waals surface area contributed by atoms with Gasteiger partial charge >= 0.3 is 0 Å². The quantitative estimate of drug-likeness (QED) is 0.389. The van der Waals surface area contributed by atoms with Crippen molar-refractivity contribution >= 4 is 5.69 Å². The first-order chi connectivity index (χ1) is 6.07. The van der Waals surface area contributed by atoms with Crippen molar-refractivity contribution in [2.75, 3.05) is 12.3 Å². The SMILES string of the molecule is Nc1c(F)ccc(C(N)CO)c1O. The van der Waals surface area contributed by atoms with Gasteiger partial charge in [0.25, 0.3) is 0 Å². The molecule has 0 aromatic heterocycles. The molecule has 0 saturated carbocycles. The average Bonchev–Trinajstić information content (AvgIpc) is 2.13. The van der Waals surface area contributed by atoms with Gasteiger partial charge in [-0.2, -0.15) is 0 Å². The maximum atomic E-state index is 12.7. The Morgan fingerprint density at radius 3 is 2.62 bits per heavy atom. The van der Waals surface area contributed by atoms with E-state index >= 15 is 0 Å². The number of hydrogen-bond donors (Lipinski definition) is 4. The van der Waals surface area contributed by atoms with Crippen LogP contribution in [0.2, 0.25) is 0 Å². The summed E-state index contributed by atoms with van der Waals surface area (Å²) in [7, 11) is 0. The van der Waals surface area contributed by atoms with Gasteiger partial charge in [0.05, 0.1) is 12.6 Å². The van der Waals surface area contributed by atoms with Crippen LogP contribution in [0.1, 0.15) is 11.6 Å². The molecule has 1 unspecified atom stereocenters. The number of hydrogen-bond acceptors (Lipinski definition) is 4. The monoisotopic (exact) mass is 186 g/mol. The molecule has 0 saturated heterocycles. The zero-order valence-corrected chi connectivity index (χ0v) is 6.87. The summed E-state index contributed by atoms with van der Waals surface area (Å²) in [5.41, 5.74) is 10.5. The molecule has 72 valence electrons. The van der Waals surface area contributed by atoms with Crippen LogP contribution in [0.5, 0.6) is 5.75 Å². The van der Waals surface area contributed by atoms with Crippen molar-refractivity contribution < 1.29 is 14.6 Å². The lowest BCUT2D eigenvalue weighted by Gasteiger charge is -2.12. The second-order valence-corrected chi connectivity index (χ2v) is 2.69. The largest absolute Gasteiger partial charge is 0.505 e. The highest BCUT2D eigenvalue weighted by Crippen LogP contribution is 2.30. The van der Waals surface area contributed by atoms with Crippen LogP contribution in [0.3, 0.4) is 0 Å². The number of rotatable bonds is 2. The number of anilines is 1. The minimum Gasteiger partial charge on any atom is -0.505 e. The molecule has 5 heteroatoms. The number of nitrogen functional groups attached to an aromatic ring is 1. The smallest absolute Gasteiger partial charge is 0.149 e. The van der Waals surface area contributed by atoms with Crippen molar-refractivity contribution in [2.24, 2.45) is 5.73 Å². The first-order valence-corrected chi connectivity index (χ1v) is 3.71. The molecule has 0 radical (unpaired) electrons. The summed E-state index contributed by atoms with van der Waals surface area (Å²) < 4.78 is 12.7. The average molecular weight is 186 g/mol. The Kier molecular flexibility index (Phi) is 2.69. The Hall–Kier alpha value is -1.33. The fourth-order valence-corrected chi connectivity index (χ4v) is 0.998. The van der Waals surface area contributed by atoms with Crippen molar-refractivity contribution in [3.8, 4) is 5.75 Å². The molecule has 0 heterocycles. The highest BCUT2D eigenvalue weighted by Gasteiger charge is 2.14. The van der Waals surface area contributed by atoms with Crippen LogP contribution >= 0.6 is 0 Å². The van der Waals surface area contributed by atoms with E-state index in [1.165, 1.54) is 6.07 Å². The van der Waals surface area contributed by atoms with Gasteiger partial charge < -0.3 is 21.7 Å². The number of nitrogens with two attached hydrogens (primary N) is 2. The third-order valence-corrected chi connectivity index (χ3v) is 1.79. The lowest BCUT2D eigenvalue weighted by atomic mass is 10.1. The highest BCUT2D eigenvalue weighted by molar-refractivity contribution is 5.57. The summed E-state index contributed by atoms with van der Waals surface area (Å²) in [4.78, 5) is 0. The van der Waals surface area contributed by atoms with E-state index in [0.29, 0.717) is 0 Å². The molecular formula is C8H11FN2O2. The van der Waals surface area contributed by atoms with Crippen molar-refractivity contribution in [2.45, 2.75) is 6.04 Å². The van der Waals surface area contributed by atoms with Gasteiger partial charge in [-0.05, 0) is 6.07 Å². The van der Waals surface area contributed by atoms with E-state index < -0.39 is 17.6 Å². The standard InChI is InChI=1S/C8H11FN2O2/c9-5-2-1-4(6(10)3-12)8(13)7(5)11/h1-2,6,12-13H,3,10-11H2. The van der Waals surface area contributed by atoms with Gasteiger partial charge in [-0.1, -0.05) is 6.07 Å². The molecule has 0 aliphatic heterocycles. The van der Waals surface area contributed by atoms with E-state index in [1.807, 2.05) is 0 Å². The minimum atomic E-state index is -0.747. The summed E-state index contributed by atoms with van der Waals surface area (Å²) in [5, 5.41) is 18.0. The summed E-state index contributed by atoms with van der Waals surface area (Å²) in [6.07, 6.45) is 0. The molecule has 4 nitrogen and oxygen atoms in total. The van der Waals surface area contributed by atoms with Crippen LogP contribution < -0.4 is 11.5 Å². The molecule has 0 amide bonds. The molecule has 13 heavy (non-hydrogen) atoms. The number of aliphatic hydroxyl groups is 1. The number of phenols is 1. The molecule has 6 N–H and O–H groups in total. The number of halogens is 1. The summed E-state index contributed by atoms with van der Waals surface area (Å²) in [6.45, 7) is -0.335. The van der Waals surface area contributed by atoms with E-state index in [1.54, 1.807) is 0 Å². The Balaban J connectivity index is 3.18. The molecule has 1 rings (SSSR count). The molecule has 1 aromatic carbocycles. The highest BCUT2D eigenvalue weighted by atomic mass is 19.1. The molecule has 0 aliphatic carbocycles. The van der Waals surface area contributed by atoms with Crippen molar-refractivity contribution in [3.63, 3.8) is 0 Å². The van der Waals surface area contributed by atoms with Crippen molar-refractivity contribution in [1.82, 2.24) is 0 Å². The predicted octanol–water partition coefficient (Wildman–Crippen LogP) is 0.106. The van der Waals surface area contributed by atoms with E-state index in [0.717, 1.165) is 6.07 Å². The molecule has 0 fully saturated rings. The number of benzene rings is 1. The van der Waals surface area contributed by atoms with Crippen LogP contribution in [0.4, 0.5) is 10.1 Å². The summed E-state index contributed by atoms with van der Waals surface area (Å²) in [5.74, 6) is -1.10. The lowest BCUT2D eigenvalue weighted by Crippen LogP contribution is -2.15. The lowest BCUT2D eigenvalue weighted by molar-refractivity contribution is 0.265. The van der Waals surface area contributed by atoms with E-state index in [2.05, 4.69) is 0 Å². The minimum absolute atomic E-state index is 0.237. The predicted molar refractivity (Wildman–Crippen MR) is 46.5 cm³/mol. The molecule has 0 spiro atoms. The number of aliphatic hydroxyl groups excluding tert-OH is 1. The second-order valence-electron chi connectivity index (χ2n) is 2.69. The molecule has 1 aromatic rings. The van der Waals surface area contributed by atoms with E-state index in [-0.39, 0.29) is 17.9 Å². The Morgan fingerprint density at radius 2 is 2.08 bits per heavy atom. The first kappa shape index (κ1) is 9.76. The molecular weight excluding hydrogens is 175 g/mol. The Morgan fingerprint density at radius 1 is 1.46 bits per heavy atom. The zero-order valence-electron chi connectivity index (χ0n) is 6.87. The van der Waals surface area contributed by atoms with Crippen molar-refractivity contribution in [1.29, 1.82) is 0 Å². The van der Waals surface area contributed by atoms with Gasteiger partial charge in [0, 0.05) is 5.56 Å². The van der Waals surface area contributed by atoms with E-state index in [9.17, 15) is 9.50 Å².